The first-order valence-electron chi connectivity index (χ1n) is 8.45. The van der Waals surface area contributed by atoms with Crippen molar-refractivity contribution in [3.05, 3.63) is 75.8 Å². The highest BCUT2D eigenvalue weighted by Gasteiger charge is 2.23. The van der Waals surface area contributed by atoms with Crippen molar-refractivity contribution in [1.82, 2.24) is 0 Å². The highest BCUT2D eigenvalue weighted by Crippen LogP contribution is 2.44. The molecule has 0 amide bonds. The van der Waals surface area contributed by atoms with Gasteiger partial charge in [-0.05, 0) is 55.3 Å². The van der Waals surface area contributed by atoms with E-state index >= 15 is 0 Å². The van der Waals surface area contributed by atoms with E-state index in [1.54, 1.807) is 32.4 Å². The zero-order valence-corrected chi connectivity index (χ0v) is 15.7. The van der Waals surface area contributed by atoms with Crippen LogP contribution in [0.3, 0.4) is 0 Å². The van der Waals surface area contributed by atoms with Crippen LogP contribution in [0.5, 0.6) is 11.5 Å². The molecule has 3 aromatic carbocycles. The molecule has 0 fully saturated rings. The largest absolute Gasteiger partial charge is 0.497 e. The summed E-state index contributed by atoms with van der Waals surface area (Å²) >= 11 is 0. The van der Waals surface area contributed by atoms with Gasteiger partial charge < -0.3 is 9.47 Å². The Bertz CT molecular complexity index is 1010. The predicted octanol–water partition coefficient (Wildman–Crippen LogP) is 5.36. The number of nitrogens with zero attached hydrogens (tertiary/aromatic N) is 1. The summed E-state index contributed by atoms with van der Waals surface area (Å²) in [6, 6.07) is 17.5. The summed E-state index contributed by atoms with van der Waals surface area (Å²) in [6.07, 6.45) is 0. The molecule has 0 unspecified atom stereocenters. The molecule has 0 N–H and O–H groups in total. The van der Waals surface area contributed by atoms with Crippen LogP contribution in [0.1, 0.15) is 11.1 Å². The van der Waals surface area contributed by atoms with Crippen LogP contribution in [0, 0.1) is 30.0 Å². The number of rotatable bonds is 5. The molecule has 1 radical (unpaired) electrons. The van der Waals surface area contributed by atoms with E-state index in [1.165, 1.54) is 6.07 Å². The van der Waals surface area contributed by atoms with Crippen molar-refractivity contribution < 1.29 is 14.4 Å². The number of aryl methyl sites for hydroxylation is 2. The highest BCUT2D eigenvalue weighted by molar-refractivity contribution is 5.92. The molecule has 5 heteroatoms. The normalized spacial score (nSPS) is 10.5. The fourth-order valence-electron chi connectivity index (χ4n) is 3.14. The summed E-state index contributed by atoms with van der Waals surface area (Å²) in [6.45, 7) is 3.91. The zero-order chi connectivity index (χ0) is 19.6. The third-order valence-corrected chi connectivity index (χ3v) is 4.51. The molecule has 3 aromatic rings. The molecule has 0 saturated carbocycles. The fourth-order valence-corrected chi connectivity index (χ4v) is 3.14. The van der Waals surface area contributed by atoms with Gasteiger partial charge in [0.15, 0.2) is 0 Å². The number of methoxy groups -OCH3 is 2. The second-order valence-electron chi connectivity index (χ2n) is 6.25. The van der Waals surface area contributed by atoms with Gasteiger partial charge in [0.2, 0.25) is 0 Å². The molecule has 0 saturated heterocycles. The van der Waals surface area contributed by atoms with Crippen molar-refractivity contribution in [2.45, 2.75) is 13.8 Å². The van der Waals surface area contributed by atoms with Gasteiger partial charge in [0.1, 0.15) is 11.5 Å². The molecule has 0 bridgehead atoms. The van der Waals surface area contributed by atoms with Crippen LogP contribution in [-0.4, -0.2) is 19.1 Å². The van der Waals surface area contributed by atoms with E-state index in [-0.39, 0.29) is 10.6 Å². The van der Waals surface area contributed by atoms with Crippen molar-refractivity contribution >= 4 is 5.69 Å². The molecule has 0 spiro atoms. The second kappa shape index (κ2) is 7.50. The quantitative estimate of drug-likeness (QED) is 0.453. The average Bonchev–Trinajstić information content (AvgIpc) is 2.68. The molecule has 137 valence electrons. The Morgan fingerprint density at radius 1 is 0.963 bits per heavy atom. The first-order valence-corrected chi connectivity index (χ1v) is 8.45. The molecule has 0 aliphatic carbocycles. The molecule has 3 rings (SSSR count). The summed E-state index contributed by atoms with van der Waals surface area (Å²) in [7, 11) is 3.15. The van der Waals surface area contributed by atoms with E-state index < -0.39 is 0 Å². The first-order chi connectivity index (χ1) is 13.0. The van der Waals surface area contributed by atoms with Crippen LogP contribution in [0.4, 0.5) is 5.69 Å². The summed E-state index contributed by atoms with van der Waals surface area (Å²) in [5.41, 5.74) is 4.63. The lowest BCUT2D eigenvalue weighted by molar-refractivity contribution is -0.384. The molecule has 0 aromatic heterocycles. The van der Waals surface area contributed by atoms with E-state index in [1.807, 2.05) is 38.1 Å². The van der Waals surface area contributed by atoms with Gasteiger partial charge >= 0.3 is 0 Å². The van der Waals surface area contributed by atoms with E-state index in [0.717, 1.165) is 16.7 Å². The molecular formula is C22H20NO4. The summed E-state index contributed by atoms with van der Waals surface area (Å²) in [5.74, 6) is 1.23. The Hall–Kier alpha value is -3.34. The number of ether oxygens (including phenoxy) is 2. The summed E-state index contributed by atoms with van der Waals surface area (Å²) in [5, 5.41) is 11.8. The lowest BCUT2D eigenvalue weighted by atomic mass is 9.89. The smallest absolute Gasteiger partial charge is 0.277 e. The first kappa shape index (κ1) is 18.5. The van der Waals surface area contributed by atoms with Crippen LogP contribution < -0.4 is 9.47 Å². The van der Waals surface area contributed by atoms with Crippen molar-refractivity contribution in [1.29, 1.82) is 0 Å². The maximum absolute atomic E-state index is 11.8. The Labute approximate surface area is 158 Å². The van der Waals surface area contributed by atoms with Crippen molar-refractivity contribution in [3.63, 3.8) is 0 Å². The minimum absolute atomic E-state index is 0.0299. The van der Waals surface area contributed by atoms with E-state index in [9.17, 15) is 10.1 Å². The SMILES string of the molecule is COc1ccc(OC)c(-c2[c]ccc([N+](=O)[O-])c2-c2cc(C)ccc2C)c1. The minimum Gasteiger partial charge on any atom is -0.497 e. The molecule has 5 nitrogen and oxygen atoms in total. The number of benzene rings is 3. The van der Waals surface area contributed by atoms with Gasteiger partial charge in [-0.15, -0.1) is 0 Å². The Balaban J connectivity index is 2.41. The van der Waals surface area contributed by atoms with Crippen molar-refractivity contribution in [2.75, 3.05) is 14.2 Å². The molecule has 0 heterocycles. The van der Waals surface area contributed by atoms with Crippen LogP contribution in [0.15, 0.2) is 48.5 Å². The Morgan fingerprint density at radius 3 is 2.41 bits per heavy atom. The lowest BCUT2D eigenvalue weighted by Crippen LogP contribution is -1.98. The summed E-state index contributed by atoms with van der Waals surface area (Å²) < 4.78 is 10.8. The van der Waals surface area contributed by atoms with Gasteiger partial charge in [-0.2, -0.15) is 0 Å². The van der Waals surface area contributed by atoms with Crippen LogP contribution in [0.2, 0.25) is 0 Å². The molecule has 27 heavy (non-hydrogen) atoms. The van der Waals surface area contributed by atoms with E-state index in [4.69, 9.17) is 9.47 Å². The molecule has 0 aliphatic rings. The maximum atomic E-state index is 11.8. The molecule has 0 aliphatic heterocycles. The van der Waals surface area contributed by atoms with E-state index in [2.05, 4.69) is 6.07 Å². The molecular weight excluding hydrogens is 342 g/mol. The van der Waals surface area contributed by atoms with Gasteiger partial charge in [0, 0.05) is 17.2 Å². The van der Waals surface area contributed by atoms with Gasteiger partial charge in [-0.25, -0.2) is 0 Å². The van der Waals surface area contributed by atoms with Gasteiger partial charge in [0.05, 0.1) is 24.7 Å². The van der Waals surface area contributed by atoms with Crippen LogP contribution in [-0.2, 0) is 0 Å². The van der Waals surface area contributed by atoms with Gasteiger partial charge in [-0.1, -0.05) is 23.8 Å². The lowest BCUT2D eigenvalue weighted by Gasteiger charge is -2.16. The minimum atomic E-state index is -0.360. The third-order valence-electron chi connectivity index (χ3n) is 4.51. The number of nitro benzene ring substituents is 1. The van der Waals surface area contributed by atoms with Crippen LogP contribution in [0.25, 0.3) is 22.3 Å². The Morgan fingerprint density at radius 2 is 1.74 bits per heavy atom. The molecule has 0 atom stereocenters. The van der Waals surface area contributed by atoms with Crippen LogP contribution >= 0.6 is 0 Å². The highest BCUT2D eigenvalue weighted by atomic mass is 16.6. The second-order valence-corrected chi connectivity index (χ2v) is 6.25. The predicted molar refractivity (Wildman–Crippen MR) is 105 cm³/mol. The van der Waals surface area contributed by atoms with Gasteiger partial charge in [-0.3, -0.25) is 10.1 Å². The van der Waals surface area contributed by atoms with Crippen molar-refractivity contribution in [3.8, 4) is 33.8 Å². The summed E-state index contributed by atoms with van der Waals surface area (Å²) in [4.78, 5) is 11.4. The maximum Gasteiger partial charge on any atom is 0.277 e. The van der Waals surface area contributed by atoms with Crippen molar-refractivity contribution in [2.24, 2.45) is 0 Å². The topological polar surface area (TPSA) is 61.6 Å². The number of nitro groups is 1. The Kier molecular flexibility index (Phi) is 5.12. The third kappa shape index (κ3) is 3.49. The standard InChI is InChI=1S/C22H20NO4/c1-14-8-9-15(2)18(12-14)22-17(6-5-7-20(22)23(24)25)19-13-16(26-3)10-11-21(19)27-4/h5,7-13H,1-4H3. The number of hydrogen-bond acceptors (Lipinski definition) is 4. The monoisotopic (exact) mass is 362 g/mol. The average molecular weight is 362 g/mol. The van der Waals surface area contributed by atoms with Gasteiger partial charge in [0.25, 0.3) is 5.69 Å². The van der Waals surface area contributed by atoms with E-state index in [0.29, 0.717) is 28.2 Å². The fraction of sp³-hybridized carbons (Fsp3) is 0.182. The zero-order valence-electron chi connectivity index (χ0n) is 15.7. The number of hydrogen-bond donors (Lipinski definition) is 0.